The Labute approximate surface area is 108 Å². The molecule has 0 radical (unpaired) electrons. The predicted octanol–water partition coefficient (Wildman–Crippen LogP) is 4.20. The first-order valence-electron chi connectivity index (χ1n) is 6.74. The summed E-state index contributed by atoms with van der Waals surface area (Å²) in [4.78, 5) is 0. The summed E-state index contributed by atoms with van der Waals surface area (Å²) in [5, 5.41) is 3.41. The van der Waals surface area contributed by atoms with Crippen LogP contribution in [0.3, 0.4) is 0 Å². The molecular formula is C15H21F2N. The molecule has 0 bridgehead atoms. The summed E-state index contributed by atoms with van der Waals surface area (Å²) >= 11 is 0. The van der Waals surface area contributed by atoms with Gasteiger partial charge in [0.05, 0.1) is 0 Å². The second kappa shape index (κ2) is 5.35. The number of hydrogen-bond donors (Lipinski definition) is 1. The largest absolute Gasteiger partial charge is 0.310 e. The lowest BCUT2D eigenvalue weighted by Crippen LogP contribution is -2.27. The minimum Gasteiger partial charge on any atom is -0.310 e. The highest BCUT2D eigenvalue weighted by atomic mass is 19.1. The highest BCUT2D eigenvalue weighted by Gasteiger charge is 2.41. The van der Waals surface area contributed by atoms with Crippen LogP contribution in [0.25, 0.3) is 0 Å². The third kappa shape index (κ3) is 3.29. The van der Waals surface area contributed by atoms with Gasteiger partial charge in [0.1, 0.15) is 11.6 Å². The quantitative estimate of drug-likeness (QED) is 0.801. The van der Waals surface area contributed by atoms with Gasteiger partial charge in [0.2, 0.25) is 0 Å². The van der Waals surface area contributed by atoms with Crippen molar-refractivity contribution in [3.8, 4) is 0 Å². The van der Waals surface area contributed by atoms with E-state index in [4.69, 9.17) is 0 Å². The van der Waals surface area contributed by atoms with Crippen LogP contribution in [-0.2, 0) is 0 Å². The topological polar surface area (TPSA) is 12.0 Å². The molecular weight excluding hydrogens is 232 g/mol. The van der Waals surface area contributed by atoms with Gasteiger partial charge in [0, 0.05) is 18.7 Å². The van der Waals surface area contributed by atoms with Crippen LogP contribution >= 0.6 is 0 Å². The lowest BCUT2D eigenvalue weighted by molar-refractivity contribution is 0.396. The Morgan fingerprint density at radius 3 is 2.33 bits per heavy atom. The molecule has 18 heavy (non-hydrogen) atoms. The van der Waals surface area contributed by atoms with Gasteiger partial charge >= 0.3 is 0 Å². The van der Waals surface area contributed by atoms with Crippen molar-refractivity contribution in [3.05, 3.63) is 35.4 Å². The molecule has 1 aromatic carbocycles. The van der Waals surface area contributed by atoms with Crippen molar-refractivity contribution in [2.75, 3.05) is 6.54 Å². The van der Waals surface area contributed by atoms with Crippen LogP contribution in [-0.4, -0.2) is 6.54 Å². The van der Waals surface area contributed by atoms with E-state index in [9.17, 15) is 8.78 Å². The number of nitrogens with one attached hydrogen (secondary N) is 1. The average molecular weight is 253 g/mol. The molecule has 1 fully saturated rings. The first-order chi connectivity index (χ1) is 8.54. The summed E-state index contributed by atoms with van der Waals surface area (Å²) in [7, 11) is 0. The molecule has 100 valence electrons. The molecule has 1 unspecified atom stereocenters. The van der Waals surface area contributed by atoms with Crippen LogP contribution in [0.15, 0.2) is 18.2 Å². The summed E-state index contributed by atoms with van der Waals surface area (Å²) in [5.41, 5.74) is 1.13. The van der Waals surface area contributed by atoms with Gasteiger partial charge in [-0.3, -0.25) is 0 Å². The molecule has 1 aliphatic carbocycles. The van der Waals surface area contributed by atoms with Crippen LogP contribution in [0.2, 0.25) is 0 Å². The molecule has 0 amide bonds. The highest BCUT2D eigenvalue weighted by Crippen LogP contribution is 2.49. The maximum atomic E-state index is 13.1. The predicted molar refractivity (Wildman–Crippen MR) is 69.4 cm³/mol. The van der Waals surface area contributed by atoms with Crippen LogP contribution in [0, 0.1) is 17.0 Å². The van der Waals surface area contributed by atoms with E-state index in [1.54, 1.807) is 0 Å². The fourth-order valence-corrected chi connectivity index (χ4v) is 2.53. The van der Waals surface area contributed by atoms with Crippen LogP contribution < -0.4 is 5.32 Å². The number of benzene rings is 1. The third-order valence-corrected chi connectivity index (χ3v) is 3.91. The molecule has 0 heterocycles. The fraction of sp³-hybridized carbons (Fsp3) is 0.600. The van der Waals surface area contributed by atoms with Gasteiger partial charge in [0.25, 0.3) is 0 Å². The Morgan fingerprint density at radius 2 is 1.83 bits per heavy atom. The van der Waals surface area contributed by atoms with Gasteiger partial charge in [-0.2, -0.15) is 0 Å². The minimum atomic E-state index is -0.506. The van der Waals surface area contributed by atoms with Crippen molar-refractivity contribution in [2.24, 2.45) is 5.41 Å². The van der Waals surface area contributed by atoms with Gasteiger partial charge < -0.3 is 5.32 Å². The molecule has 1 nitrogen and oxygen atoms in total. The Morgan fingerprint density at radius 1 is 1.22 bits per heavy atom. The standard InChI is InChI=1S/C15H21F2N/c1-3-4-15(5-6-15)10-18-11(2)12-7-13(16)9-14(17)8-12/h7-9,11,18H,3-6,10H2,1-2H3. The molecule has 0 aromatic heterocycles. The van der Waals surface area contributed by atoms with E-state index in [2.05, 4.69) is 12.2 Å². The average Bonchev–Trinajstić information content (AvgIpc) is 3.06. The van der Waals surface area contributed by atoms with Gasteiger partial charge in [-0.1, -0.05) is 13.3 Å². The smallest absolute Gasteiger partial charge is 0.126 e. The van der Waals surface area contributed by atoms with Crippen LogP contribution in [0.4, 0.5) is 8.78 Å². The summed E-state index contributed by atoms with van der Waals surface area (Å²) in [6, 6.07) is 3.71. The Balaban J connectivity index is 1.93. The highest BCUT2D eigenvalue weighted by molar-refractivity contribution is 5.21. The van der Waals surface area contributed by atoms with E-state index in [0.717, 1.165) is 12.6 Å². The zero-order chi connectivity index (χ0) is 13.2. The maximum Gasteiger partial charge on any atom is 0.126 e. The molecule has 0 saturated heterocycles. The van der Waals surface area contributed by atoms with Crippen molar-refractivity contribution >= 4 is 0 Å². The molecule has 2 rings (SSSR count). The van der Waals surface area contributed by atoms with Crippen LogP contribution in [0.5, 0.6) is 0 Å². The van der Waals surface area contributed by atoms with Crippen molar-refractivity contribution < 1.29 is 8.78 Å². The second-order valence-corrected chi connectivity index (χ2v) is 5.56. The zero-order valence-corrected chi connectivity index (χ0v) is 11.1. The summed E-state index contributed by atoms with van der Waals surface area (Å²) in [6.45, 7) is 5.10. The van der Waals surface area contributed by atoms with Gasteiger partial charge in [-0.05, 0) is 49.3 Å². The second-order valence-electron chi connectivity index (χ2n) is 5.56. The molecule has 0 aliphatic heterocycles. The molecule has 0 spiro atoms. The third-order valence-electron chi connectivity index (χ3n) is 3.91. The molecule has 1 aromatic rings. The normalized spacial score (nSPS) is 18.7. The number of hydrogen-bond acceptors (Lipinski definition) is 1. The van der Waals surface area contributed by atoms with Gasteiger partial charge in [0.15, 0.2) is 0 Å². The van der Waals surface area contributed by atoms with E-state index in [1.807, 2.05) is 6.92 Å². The Kier molecular flexibility index (Phi) is 4.00. The molecule has 1 N–H and O–H groups in total. The van der Waals surface area contributed by atoms with E-state index >= 15 is 0 Å². The zero-order valence-electron chi connectivity index (χ0n) is 11.1. The fourth-order valence-electron chi connectivity index (χ4n) is 2.53. The lowest BCUT2D eigenvalue weighted by Gasteiger charge is -2.20. The van der Waals surface area contributed by atoms with Crippen LogP contribution in [0.1, 0.15) is 51.1 Å². The van der Waals surface area contributed by atoms with Crippen molar-refractivity contribution in [1.29, 1.82) is 0 Å². The van der Waals surface area contributed by atoms with E-state index < -0.39 is 11.6 Å². The number of rotatable bonds is 6. The van der Waals surface area contributed by atoms with Crippen molar-refractivity contribution in [2.45, 2.75) is 45.6 Å². The number of halogens is 2. The summed E-state index contributed by atoms with van der Waals surface area (Å²) in [6.07, 6.45) is 4.99. The SMILES string of the molecule is CCCC1(CNC(C)c2cc(F)cc(F)c2)CC1. The molecule has 3 heteroatoms. The Hall–Kier alpha value is -0.960. The van der Waals surface area contributed by atoms with Gasteiger partial charge in [-0.15, -0.1) is 0 Å². The van der Waals surface area contributed by atoms with E-state index in [1.165, 1.54) is 37.8 Å². The first kappa shape index (κ1) is 13.5. The molecule has 1 saturated carbocycles. The first-order valence-corrected chi connectivity index (χ1v) is 6.74. The van der Waals surface area contributed by atoms with Gasteiger partial charge in [-0.25, -0.2) is 8.78 Å². The molecule has 1 aliphatic rings. The minimum absolute atomic E-state index is 0.00969. The van der Waals surface area contributed by atoms with E-state index in [-0.39, 0.29) is 6.04 Å². The summed E-state index contributed by atoms with van der Waals surface area (Å²) < 4.78 is 26.3. The monoisotopic (exact) mass is 253 g/mol. The summed E-state index contributed by atoms with van der Waals surface area (Å²) in [5.74, 6) is -1.01. The van der Waals surface area contributed by atoms with Crippen molar-refractivity contribution in [3.63, 3.8) is 0 Å². The van der Waals surface area contributed by atoms with Crippen molar-refractivity contribution in [1.82, 2.24) is 5.32 Å². The van der Waals surface area contributed by atoms with E-state index in [0.29, 0.717) is 11.0 Å². The lowest BCUT2D eigenvalue weighted by atomic mass is 9.99. The maximum absolute atomic E-state index is 13.1. The Bertz CT molecular complexity index is 393. The molecule has 1 atom stereocenters.